The van der Waals surface area contributed by atoms with Crippen molar-refractivity contribution in [3.8, 4) is 0 Å². The number of anilines is 3. The number of aromatic nitrogens is 1. The fourth-order valence-electron chi connectivity index (χ4n) is 3.19. The SMILES string of the molecule is CNS(=O)(=O)Nc1nccc(Cc2cc(C(=O)NNC(C)C)c(Nc3ccc(I)cc3F)c(F)c2F)c1F. The fraction of sp³-hybridized carbons (Fsp3) is 0.217. The molecule has 0 spiro atoms. The maximum atomic E-state index is 15.4. The molecule has 38 heavy (non-hydrogen) atoms. The second kappa shape index (κ2) is 12.2. The molecule has 1 amide bonds. The molecule has 0 atom stereocenters. The minimum Gasteiger partial charge on any atom is -0.350 e. The number of pyridine rings is 1. The molecule has 9 nitrogen and oxygen atoms in total. The Morgan fingerprint density at radius 2 is 1.74 bits per heavy atom. The van der Waals surface area contributed by atoms with Crippen LogP contribution < -0.4 is 25.6 Å². The van der Waals surface area contributed by atoms with Crippen molar-refractivity contribution in [2.75, 3.05) is 17.1 Å². The number of carbonyl (C=O) groups is 1. The van der Waals surface area contributed by atoms with Crippen LogP contribution in [0.25, 0.3) is 0 Å². The molecule has 0 saturated heterocycles. The van der Waals surface area contributed by atoms with Gasteiger partial charge >= 0.3 is 0 Å². The lowest BCUT2D eigenvalue weighted by atomic mass is 9.99. The van der Waals surface area contributed by atoms with Crippen molar-refractivity contribution < 1.29 is 30.8 Å². The number of hydrogen-bond donors (Lipinski definition) is 5. The Labute approximate surface area is 230 Å². The highest BCUT2D eigenvalue weighted by atomic mass is 127. The van der Waals surface area contributed by atoms with Gasteiger partial charge in [-0.15, -0.1) is 0 Å². The number of nitrogens with one attached hydrogen (secondary N) is 5. The molecule has 1 heterocycles. The van der Waals surface area contributed by atoms with E-state index < -0.39 is 68.4 Å². The van der Waals surface area contributed by atoms with Crippen LogP contribution in [-0.2, 0) is 16.6 Å². The molecule has 0 bridgehead atoms. The Kier molecular flexibility index (Phi) is 9.50. The van der Waals surface area contributed by atoms with E-state index in [0.717, 1.165) is 31.4 Å². The first-order valence-corrected chi connectivity index (χ1v) is 13.5. The molecule has 2 aromatic carbocycles. The van der Waals surface area contributed by atoms with Crippen LogP contribution in [0.1, 0.15) is 35.3 Å². The average molecular weight is 666 g/mol. The molecule has 3 rings (SSSR count). The first-order chi connectivity index (χ1) is 17.8. The van der Waals surface area contributed by atoms with Gasteiger partial charge in [0.15, 0.2) is 23.3 Å². The van der Waals surface area contributed by atoms with E-state index in [-0.39, 0.29) is 17.3 Å². The van der Waals surface area contributed by atoms with Gasteiger partial charge in [-0.2, -0.15) is 8.42 Å². The molecule has 0 fully saturated rings. The molecule has 1 aromatic heterocycles. The van der Waals surface area contributed by atoms with Crippen LogP contribution in [-0.4, -0.2) is 32.4 Å². The first kappa shape index (κ1) is 29.5. The normalized spacial score (nSPS) is 11.5. The van der Waals surface area contributed by atoms with Gasteiger partial charge in [0.2, 0.25) is 0 Å². The number of hydrazine groups is 1. The summed E-state index contributed by atoms with van der Waals surface area (Å²) in [6.45, 7) is 3.45. The van der Waals surface area contributed by atoms with Gasteiger partial charge in [0.1, 0.15) is 5.82 Å². The molecule has 0 saturated carbocycles. The highest BCUT2D eigenvalue weighted by Gasteiger charge is 2.25. The summed E-state index contributed by atoms with van der Waals surface area (Å²) < 4.78 is 87.8. The van der Waals surface area contributed by atoms with Gasteiger partial charge in [-0.25, -0.2) is 32.7 Å². The van der Waals surface area contributed by atoms with Crippen molar-refractivity contribution in [3.63, 3.8) is 0 Å². The molecule has 15 heteroatoms. The molecule has 3 aromatic rings. The summed E-state index contributed by atoms with van der Waals surface area (Å²) in [6.07, 6.45) is 0.511. The van der Waals surface area contributed by atoms with E-state index in [4.69, 9.17) is 0 Å². The lowest BCUT2D eigenvalue weighted by Gasteiger charge is -2.18. The molecular weight excluding hydrogens is 643 g/mol. The number of nitrogens with zero attached hydrogens (tertiary/aromatic N) is 1. The number of rotatable bonds is 10. The van der Waals surface area contributed by atoms with Gasteiger partial charge in [-0.1, -0.05) is 0 Å². The molecule has 0 unspecified atom stereocenters. The van der Waals surface area contributed by atoms with Gasteiger partial charge < -0.3 is 5.32 Å². The van der Waals surface area contributed by atoms with Gasteiger partial charge in [0.25, 0.3) is 16.1 Å². The fourth-order valence-corrected chi connectivity index (χ4v) is 4.14. The molecule has 0 aliphatic rings. The van der Waals surface area contributed by atoms with Crippen LogP contribution in [0, 0.1) is 26.8 Å². The lowest BCUT2D eigenvalue weighted by Crippen LogP contribution is -2.42. The van der Waals surface area contributed by atoms with E-state index in [1.165, 1.54) is 12.1 Å². The predicted octanol–water partition coefficient (Wildman–Crippen LogP) is 4.10. The van der Waals surface area contributed by atoms with E-state index >= 15 is 8.78 Å². The first-order valence-electron chi connectivity index (χ1n) is 11.0. The zero-order chi connectivity index (χ0) is 28.2. The van der Waals surface area contributed by atoms with Gasteiger partial charge in [-0.3, -0.25) is 14.9 Å². The number of amides is 1. The predicted molar refractivity (Wildman–Crippen MR) is 143 cm³/mol. The lowest BCUT2D eigenvalue weighted by molar-refractivity contribution is 0.0928. The van der Waals surface area contributed by atoms with Crippen molar-refractivity contribution in [1.29, 1.82) is 0 Å². The van der Waals surface area contributed by atoms with Crippen LogP contribution in [0.4, 0.5) is 34.8 Å². The van der Waals surface area contributed by atoms with Gasteiger partial charge in [0.05, 0.1) is 16.9 Å². The zero-order valence-corrected chi connectivity index (χ0v) is 23.2. The van der Waals surface area contributed by atoms with Crippen molar-refractivity contribution in [2.24, 2.45) is 0 Å². The van der Waals surface area contributed by atoms with Crippen LogP contribution in [0.3, 0.4) is 0 Å². The summed E-state index contributed by atoms with van der Waals surface area (Å²) >= 11 is 1.88. The number of carbonyl (C=O) groups excluding carboxylic acids is 1. The van der Waals surface area contributed by atoms with Crippen LogP contribution in [0.2, 0.25) is 0 Å². The van der Waals surface area contributed by atoms with Gasteiger partial charge in [-0.05, 0) is 77.9 Å². The molecular formula is C23H23F4IN6O3S. The second-order valence-corrected chi connectivity index (χ2v) is 11.1. The third-order valence-electron chi connectivity index (χ3n) is 5.04. The monoisotopic (exact) mass is 666 g/mol. The summed E-state index contributed by atoms with van der Waals surface area (Å²) in [6, 6.07) is 5.94. The Hall–Kier alpha value is -3.02. The number of halogens is 5. The quantitative estimate of drug-likeness (QED) is 0.126. The van der Waals surface area contributed by atoms with E-state index in [1.807, 2.05) is 32.0 Å². The highest BCUT2D eigenvalue weighted by Crippen LogP contribution is 2.32. The summed E-state index contributed by atoms with van der Waals surface area (Å²) in [4.78, 5) is 16.5. The minimum atomic E-state index is -4.11. The summed E-state index contributed by atoms with van der Waals surface area (Å²) in [5.74, 6) is -6.33. The Bertz CT molecular complexity index is 1470. The molecule has 0 aliphatic heterocycles. The Balaban J connectivity index is 2.08. The zero-order valence-electron chi connectivity index (χ0n) is 20.2. The average Bonchev–Trinajstić information content (AvgIpc) is 2.85. The topological polar surface area (TPSA) is 124 Å². The largest absolute Gasteiger partial charge is 0.350 e. The standard InChI is InChI=1S/C23H23F4IN6O3S/c1-11(2)32-33-23(35)15-9-13(8-12-6-7-30-22(19(12)26)34-38(36,37)29-3)18(25)20(27)21(15)31-17-5-4-14(28)10-16(17)24/h4-7,9-11,29,31-32H,8H2,1-3H3,(H,30,34)(H,33,35). The molecule has 5 N–H and O–H groups in total. The third-order valence-corrected chi connectivity index (χ3v) is 6.71. The maximum absolute atomic E-state index is 15.4. The number of hydrogen-bond acceptors (Lipinski definition) is 6. The highest BCUT2D eigenvalue weighted by molar-refractivity contribution is 14.1. The summed E-state index contributed by atoms with van der Waals surface area (Å²) in [5, 5.41) is 2.44. The summed E-state index contributed by atoms with van der Waals surface area (Å²) in [5.41, 5.74) is 3.12. The van der Waals surface area contributed by atoms with Crippen molar-refractivity contribution in [1.82, 2.24) is 20.6 Å². The van der Waals surface area contributed by atoms with Crippen molar-refractivity contribution >= 4 is 55.9 Å². The minimum absolute atomic E-state index is 0.205. The van der Waals surface area contributed by atoms with Crippen LogP contribution in [0.5, 0.6) is 0 Å². The Morgan fingerprint density at radius 3 is 2.37 bits per heavy atom. The summed E-state index contributed by atoms with van der Waals surface area (Å²) in [7, 11) is -3.01. The molecule has 0 radical (unpaired) electrons. The maximum Gasteiger partial charge on any atom is 0.300 e. The molecule has 204 valence electrons. The smallest absolute Gasteiger partial charge is 0.300 e. The van der Waals surface area contributed by atoms with E-state index in [9.17, 15) is 22.0 Å². The van der Waals surface area contributed by atoms with E-state index in [2.05, 4.69) is 21.2 Å². The van der Waals surface area contributed by atoms with Crippen LogP contribution in [0.15, 0.2) is 36.5 Å². The van der Waals surface area contributed by atoms with Crippen molar-refractivity contribution in [2.45, 2.75) is 26.3 Å². The van der Waals surface area contributed by atoms with E-state index in [1.54, 1.807) is 13.8 Å². The number of benzene rings is 2. The van der Waals surface area contributed by atoms with Crippen molar-refractivity contribution in [3.05, 3.63) is 80.1 Å². The van der Waals surface area contributed by atoms with E-state index in [0.29, 0.717) is 3.57 Å². The molecule has 0 aliphatic carbocycles. The Morgan fingerprint density at radius 1 is 1.03 bits per heavy atom. The second-order valence-electron chi connectivity index (χ2n) is 8.21. The van der Waals surface area contributed by atoms with Gasteiger partial charge in [0, 0.05) is 29.3 Å². The third kappa shape index (κ3) is 7.09. The van der Waals surface area contributed by atoms with Crippen LogP contribution >= 0.6 is 22.6 Å².